The van der Waals surface area contributed by atoms with E-state index < -0.39 is 0 Å². The number of imidazole rings is 1. The maximum atomic E-state index is 6.00. The molecule has 0 bridgehead atoms. The minimum absolute atomic E-state index is 0.316. The van der Waals surface area contributed by atoms with Crippen LogP contribution in [0.25, 0.3) is 11.3 Å². The summed E-state index contributed by atoms with van der Waals surface area (Å²) in [6.07, 6.45) is 0. The molecule has 2 rings (SSSR count). The zero-order valence-corrected chi connectivity index (χ0v) is 10.5. The Morgan fingerprint density at radius 2 is 2.24 bits per heavy atom. The summed E-state index contributed by atoms with van der Waals surface area (Å²) in [5, 5.41) is 0.450. The fourth-order valence-corrected chi connectivity index (χ4v) is 1.92. The van der Waals surface area contributed by atoms with E-state index in [0.29, 0.717) is 23.4 Å². The molecule has 1 aromatic heterocycles. The van der Waals surface area contributed by atoms with Crippen LogP contribution in [0.3, 0.4) is 0 Å². The number of ether oxygens (including phenoxy) is 1. The number of hydrogen-bond donors (Lipinski definition) is 2. The highest BCUT2D eigenvalue weighted by molar-refractivity contribution is 6.32. The van der Waals surface area contributed by atoms with Gasteiger partial charge in [0.2, 0.25) is 0 Å². The molecule has 0 saturated carbocycles. The lowest BCUT2D eigenvalue weighted by molar-refractivity contribution is 0.338. The number of anilines is 1. The smallest absolute Gasteiger partial charge is 0.199 e. The summed E-state index contributed by atoms with van der Waals surface area (Å²) < 4.78 is 5.48. The van der Waals surface area contributed by atoms with E-state index in [2.05, 4.69) is 9.97 Å². The van der Waals surface area contributed by atoms with Gasteiger partial charge in [-0.15, -0.1) is 0 Å². The lowest BCUT2D eigenvalue weighted by Gasteiger charge is -2.08. The number of nitrogen functional groups attached to an aromatic ring is 1. The van der Waals surface area contributed by atoms with Gasteiger partial charge >= 0.3 is 0 Å². The van der Waals surface area contributed by atoms with Crippen molar-refractivity contribution in [1.29, 1.82) is 0 Å². The lowest BCUT2D eigenvalue weighted by Crippen LogP contribution is -1.94. The van der Waals surface area contributed by atoms with E-state index in [0.717, 1.165) is 16.9 Å². The zero-order valence-electron chi connectivity index (χ0n) is 9.75. The van der Waals surface area contributed by atoms with E-state index in [4.69, 9.17) is 22.1 Å². The SMILES string of the molecule is CCOc1ccc(-c2nc(N)[nH]c2Cl)cc1C. The largest absolute Gasteiger partial charge is 0.494 e. The summed E-state index contributed by atoms with van der Waals surface area (Å²) in [6, 6.07) is 5.81. The van der Waals surface area contributed by atoms with Gasteiger partial charge in [0.1, 0.15) is 16.6 Å². The van der Waals surface area contributed by atoms with Crippen LogP contribution in [0.1, 0.15) is 12.5 Å². The van der Waals surface area contributed by atoms with Gasteiger partial charge < -0.3 is 15.5 Å². The Bertz CT molecular complexity index is 537. The van der Waals surface area contributed by atoms with Crippen molar-refractivity contribution in [3.05, 3.63) is 28.9 Å². The Hall–Kier alpha value is -1.68. The van der Waals surface area contributed by atoms with Crippen LogP contribution < -0.4 is 10.5 Å². The van der Waals surface area contributed by atoms with Crippen LogP contribution in [0.2, 0.25) is 5.15 Å². The molecule has 1 heterocycles. The predicted molar refractivity (Wildman–Crippen MR) is 69.4 cm³/mol. The predicted octanol–water partition coefficient (Wildman–Crippen LogP) is 3.02. The second-order valence-corrected chi connectivity index (χ2v) is 4.08. The Morgan fingerprint density at radius 3 is 2.76 bits per heavy atom. The van der Waals surface area contributed by atoms with Crippen LogP contribution in [0.15, 0.2) is 18.2 Å². The molecule has 0 amide bonds. The molecule has 0 aliphatic heterocycles. The lowest BCUT2D eigenvalue weighted by atomic mass is 10.1. The summed E-state index contributed by atoms with van der Waals surface area (Å²) in [6.45, 7) is 4.59. The second kappa shape index (κ2) is 4.67. The molecule has 0 aliphatic rings. The van der Waals surface area contributed by atoms with Gasteiger partial charge in [0, 0.05) is 5.56 Å². The van der Waals surface area contributed by atoms with Crippen LogP contribution in [0.4, 0.5) is 5.95 Å². The topological polar surface area (TPSA) is 63.9 Å². The number of aromatic nitrogens is 2. The van der Waals surface area contributed by atoms with Crippen molar-refractivity contribution in [2.24, 2.45) is 0 Å². The molecule has 2 aromatic rings. The number of rotatable bonds is 3. The Labute approximate surface area is 105 Å². The average Bonchev–Trinajstić information content (AvgIpc) is 2.61. The second-order valence-electron chi connectivity index (χ2n) is 3.70. The Kier molecular flexibility index (Phi) is 3.24. The van der Waals surface area contributed by atoms with E-state index in [1.165, 1.54) is 0 Å². The molecular weight excluding hydrogens is 238 g/mol. The first kappa shape index (κ1) is 11.8. The van der Waals surface area contributed by atoms with E-state index in [9.17, 15) is 0 Å². The first-order valence-electron chi connectivity index (χ1n) is 5.36. The summed E-state index contributed by atoms with van der Waals surface area (Å²) >= 11 is 6.00. The molecule has 17 heavy (non-hydrogen) atoms. The van der Waals surface area contributed by atoms with Crippen LogP contribution in [-0.2, 0) is 0 Å². The molecule has 0 spiro atoms. The fourth-order valence-electron chi connectivity index (χ4n) is 1.67. The molecule has 0 saturated heterocycles. The number of benzene rings is 1. The first-order valence-corrected chi connectivity index (χ1v) is 5.74. The van der Waals surface area contributed by atoms with Crippen molar-refractivity contribution in [1.82, 2.24) is 9.97 Å². The average molecular weight is 252 g/mol. The summed E-state index contributed by atoms with van der Waals surface area (Å²) in [5.41, 5.74) is 8.18. The summed E-state index contributed by atoms with van der Waals surface area (Å²) in [5.74, 6) is 1.19. The molecule has 1 aromatic carbocycles. The highest BCUT2D eigenvalue weighted by Gasteiger charge is 2.10. The summed E-state index contributed by atoms with van der Waals surface area (Å²) in [7, 11) is 0. The van der Waals surface area contributed by atoms with Gasteiger partial charge in [0.25, 0.3) is 0 Å². The maximum Gasteiger partial charge on any atom is 0.199 e. The molecular formula is C12H14ClN3O. The number of halogens is 1. The van der Waals surface area contributed by atoms with Gasteiger partial charge in [0.05, 0.1) is 6.61 Å². The Balaban J connectivity index is 2.41. The quantitative estimate of drug-likeness (QED) is 0.881. The highest BCUT2D eigenvalue weighted by Crippen LogP contribution is 2.29. The number of nitrogens with one attached hydrogen (secondary N) is 1. The number of H-pyrrole nitrogens is 1. The van der Waals surface area contributed by atoms with Crippen LogP contribution in [0, 0.1) is 6.92 Å². The molecule has 5 heteroatoms. The van der Waals surface area contributed by atoms with Gasteiger partial charge in [-0.1, -0.05) is 11.6 Å². The summed E-state index contributed by atoms with van der Waals surface area (Å²) in [4.78, 5) is 6.91. The first-order chi connectivity index (χ1) is 8.11. The van der Waals surface area contributed by atoms with E-state index in [-0.39, 0.29) is 0 Å². The van der Waals surface area contributed by atoms with Crippen molar-refractivity contribution in [3.8, 4) is 17.0 Å². The normalized spacial score (nSPS) is 10.5. The van der Waals surface area contributed by atoms with Crippen molar-refractivity contribution < 1.29 is 4.74 Å². The molecule has 0 aliphatic carbocycles. The van der Waals surface area contributed by atoms with Gasteiger partial charge in [-0.05, 0) is 37.6 Å². The minimum Gasteiger partial charge on any atom is -0.494 e. The van der Waals surface area contributed by atoms with Gasteiger partial charge in [0.15, 0.2) is 5.95 Å². The third kappa shape index (κ3) is 2.36. The van der Waals surface area contributed by atoms with E-state index in [1.54, 1.807) is 0 Å². The van der Waals surface area contributed by atoms with Crippen molar-refractivity contribution in [3.63, 3.8) is 0 Å². The number of nitrogens with zero attached hydrogens (tertiary/aromatic N) is 1. The zero-order chi connectivity index (χ0) is 12.4. The van der Waals surface area contributed by atoms with Crippen LogP contribution in [0.5, 0.6) is 5.75 Å². The van der Waals surface area contributed by atoms with Crippen LogP contribution in [-0.4, -0.2) is 16.6 Å². The van der Waals surface area contributed by atoms with Gasteiger partial charge in [-0.3, -0.25) is 0 Å². The molecule has 0 radical (unpaired) electrons. The van der Waals surface area contributed by atoms with Crippen molar-refractivity contribution in [2.75, 3.05) is 12.3 Å². The molecule has 4 nitrogen and oxygen atoms in total. The van der Waals surface area contributed by atoms with Crippen molar-refractivity contribution >= 4 is 17.5 Å². The van der Waals surface area contributed by atoms with Crippen LogP contribution >= 0.6 is 11.6 Å². The third-order valence-electron chi connectivity index (χ3n) is 2.43. The number of aryl methyl sites for hydroxylation is 1. The van der Waals surface area contributed by atoms with Crippen molar-refractivity contribution in [2.45, 2.75) is 13.8 Å². The fraction of sp³-hybridized carbons (Fsp3) is 0.250. The minimum atomic E-state index is 0.316. The molecule has 90 valence electrons. The maximum absolute atomic E-state index is 6.00. The monoisotopic (exact) mass is 251 g/mol. The van der Waals surface area contributed by atoms with E-state index in [1.807, 2.05) is 32.0 Å². The third-order valence-corrected chi connectivity index (χ3v) is 2.70. The Morgan fingerprint density at radius 1 is 1.47 bits per heavy atom. The molecule has 0 unspecified atom stereocenters. The van der Waals surface area contributed by atoms with E-state index >= 15 is 0 Å². The molecule has 0 atom stereocenters. The van der Waals surface area contributed by atoms with Gasteiger partial charge in [-0.25, -0.2) is 4.98 Å². The molecule has 3 N–H and O–H groups in total. The highest BCUT2D eigenvalue weighted by atomic mass is 35.5. The standard InChI is InChI=1S/C12H14ClN3O/c1-3-17-9-5-4-8(6-7(9)2)10-11(13)16-12(14)15-10/h4-6H,3H2,1-2H3,(H3,14,15,16). The molecule has 0 fully saturated rings. The number of hydrogen-bond acceptors (Lipinski definition) is 3. The number of nitrogens with two attached hydrogens (primary N) is 1. The number of aromatic amines is 1. The van der Waals surface area contributed by atoms with Gasteiger partial charge in [-0.2, -0.15) is 0 Å².